The van der Waals surface area contributed by atoms with Crippen LogP contribution in [0.1, 0.15) is 25.0 Å². The Labute approximate surface area is 170 Å². The van der Waals surface area contributed by atoms with Gasteiger partial charge in [-0.05, 0) is 43.4 Å². The van der Waals surface area contributed by atoms with Crippen LogP contribution >= 0.6 is 11.8 Å². The van der Waals surface area contributed by atoms with Crippen LogP contribution in [0.2, 0.25) is 0 Å². The van der Waals surface area contributed by atoms with Crippen molar-refractivity contribution in [2.45, 2.75) is 24.0 Å². The first kappa shape index (κ1) is 19.0. The van der Waals surface area contributed by atoms with Crippen LogP contribution < -0.4 is 10.2 Å². The molecule has 1 aliphatic heterocycles. The minimum atomic E-state index is 0.150. The van der Waals surface area contributed by atoms with Crippen LogP contribution in [0, 0.1) is 11.3 Å². The maximum absolute atomic E-state index is 8.67. The van der Waals surface area contributed by atoms with Crippen molar-refractivity contribution < 1.29 is 4.74 Å². The normalized spacial score (nSPS) is 17.8. The number of hydrogen-bond donors (Lipinski definition) is 1. The van der Waals surface area contributed by atoms with Gasteiger partial charge in [0.1, 0.15) is 5.82 Å². The molecular formula is C21H25N5OS. The first-order valence-electron chi connectivity index (χ1n) is 9.73. The number of nitrogens with one attached hydrogen (secondary N) is 1. The number of hydrogen-bond acceptors (Lipinski definition) is 7. The molecule has 7 heteroatoms. The molecule has 1 N–H and O–H groups in total. The molecule has 1 aromatic carbocycles. The Morgan fingerprint density at radius 1 is 1.21 bits per heavy atom. The maximum Gasteiger partial charge on any atom is 0.161 e. The number of thioether (sulfide) groups is 1. The van der Waals surface area contributed by atoms with Gasteiger partial charge in [0, 0.05) is 37.0 Å². The second kappa shape index (κ2) is 8.38. The molecule has 6 nitrogen and oxygen atoms in total. The van der Waals surface area contributed by atoms with Crippen molar-refractivity contribution in [3.8, 4) is 17.5 Å². The fraction of sp³-hybridized carbons (Fsp3) is 0.476. The molecule has 0 spiro atoms. The van der Waals surface area contributed by atoms with Crippen LogP contribution in [0.3, 0.4) is 0 Å². The molecule has 0 amide bonds. The third-order valence-corrected chi connectivity index (χ3v) is 6.72. The Morgan fingerprint density at radius 3 is 2.61 bits per heavy atom. The Morgan fingerprint density at radius 2 is 1.96 bits per heavy atom. The van der Waals surface area contributed by atoms with Gasteiger partial charge >= 0.3 is 0 Å². The number of anilines is 2. The first-order valence-corrected chi connectivity index (χ1v) is 11.0. The summed E-state index contributed by atoms with van der Waals surface area (Å²) in [6.07, 6.45) is 5.02. The van der Waals surface area contributed by atoms with E-state index in [1.807, 2.05) is 23.9 Å². The lowest BCUT2D eigenvalue weighted by molar-refractivity contribution is 0.122. The summed E-state index contributed by atoms with van der Waals surface area (Å²) in [4.78, 5) is 12.1. The number of nitriles is 1. The van der Waals surface area contributed by atoms with E-state index in [0.717, 1.165) is 54.9 Å². The van der Waals surface area contributed by atoms with Crippen molar-refractivity contribution in [3.05, 3.63) is 36.0 Å². The van der Waals surface area contributed by atoms with Crippen LogP contribution in [0.4, 0.5) is 11.5 Å². The first-order chi connectivity index (χ1) is 13.7. The second-order valence-electron chi connectivity index (χ2n) is 7.15. The quantitative estimate of drug-likeness (QED) is 0.717. The molecule has 0 unspecified atom stereocenters. The molecule has 2 aliphatic rings. The molecule has 2 aromatic rings. The van der Waals surface area contributed by atoms with Crippen LogP contribution in [-0.4, -0.2) is 49.1 Å². The van der Waals surface area contributed by atoms with E-state index in [1.54, 1.807) is 0 Å². The largest absolute Gasteiger partial charge is 0.384 e. The number of rotatable bonds is 7. The van der Waals surface area contributed by atoms with E-state index in [0.29, 0.717) is 13.0 Å². The third-order valence-electron chi connectivity index (χ3n) is 5.32. The van der Waals surface area contributed by atoms with Gasteiger partial charge in [-0.25, -0.2) is 9.97 Å². The maximum atomic E-state index is 8.67. The molecule has 1 saturated heterocycles. The van der Waals surface area contributed by atoms with E-state index in [1.165, 1.54) is 12.8 Å². The summed E-state index contributed by atoms with van der Waals surface area (Å²) in [5.74, 6) is 1.78. The van der Waals surface area contributed by atoms with Gasteiger partial charge in [0.2, 0.25) is 0 Å². The zero-order valence-corrected chi connectivity index (χ0v) is 17.0. The number of morpholine rings is 1. The zero-order valence-electron chi connectivity index (χ0n) is 16.1. The Hall–Kier alpha value is -2.30. The van der Waals surface area contributed by atoms with E-state index in [2.05, 4.69) is 40.7 Å². The lowest BCUT2D eigenvalue weighted by Crippen LogP contribution is -2.37. The van der Waals surface area contributed by atoms with Crippen LogP contribution in [0.15, 0.2) is 30.3 Å². The van der Waals surface area contributed by atoms with Gasteiger partial charge in [-0.1, -0.05) is 0 Å². The van der Waals surface area contributed by atoms with E-state index in [9.17, 15) is 0 Å². The topological polar surface area (TPSA) is 74.1 Å². The molecular weight excluding hydrogens is 370 g/mol. The van der Waals surface area contributed by atoms with Gasteiger partial charge in [-0.15, -0.1) is 0 Å². The predicted octanol–water partition coefficient (Wildman–Crippen LogP) is 3.66. The molecule has 4 rings (SSSR count). The van der Waals surface area contributed by atoms with Crippen molar-refractivity contribution in [3.63, 3.8) is 0 Å². The van der Waals surface area contributed by atoms with Crippen molar-refractivity contribution in [2.75, 3.05) is 49.3 Å². The fourth-order valence-electron chi connectivity index (χ4n) is 3.43. The number of ether oxygens (including phenoxy) is 1. The standard InChI is InChI=1S/C21H25N5OS/c1-28-21(7-8-21)18-15-19(26-11-13-27-14-12-26)25-20(24-18)16-3-5-17(6-4-16)23-10-2-9-22/h3-6,15,23H,2,7-8,10-14H2,1H3. The fourth-order valence-corrected chi connectivity index (χ4v) is 4.25. The predicted molar refractivity (Wildman–Crippen MR) is 114 cm³/mol. The summed E-state index contributed by atoms with van der Waals surface area (Å²) in [5, 5.41) is 11.9. The highest BCUT2D eigenvalue weighted by atomic mass is 32.2. The van der Waals surface area contributed by atoms with E-state index in [-0.39, 0.29) is 4.75 Å². The molecule has 1 saturated carbocycles. The SMILES string of the molecule is CSC1(c2cc(N3CCOCC3)nc(-c3ccc(NCCC#N)cc3)n2)CC1. The average Bonchev–Trinajstić information content (AvgIpc) is 3.56. The third kappa shape index (κ3) is 4.08. The molecule has 2 fully saturated rings. The smallest absolute Gasteiger partial charge is 0.161 e. The number of nitrogens with zero attached hydrogens (tertiary/aromatic N) is 4. The highest BCUT2D eigenvalue weighted by Gasteiger charge is 2.45. The van der Waals surface area contributed by atoms with Crippen LogP contribution in [-0.2, 0) is 9.48 Å². The summed E-state index contributed by atoms with van der Waals surface area (Å²) >= 11 is 1.89. The molecule has 28 heavy (non-hydrogen) atoms. The number of aromatic nitrogens is 2. The highest BCUT2D eigenvalue weighted by Crippen LogP contribution is 2.55. The highest BCUT2D eigenvalue weighted by molar-refractivity contribution is 7.99. The monoisotopic (exact) mass is 395 g/mol. The number of benzene rings is 1. The summed E-state index contributed by atoms with van der Waals surface area (Å²) in [5.41, 5.74) is 3.16. The van der Waals surface area contributed by atoms with Crippen LogP contribution in [0.25, 0.3) is 11.4 Å². The molecule has 0 bridgehead atoms. The summed E-state index contributed by atoms with van der Waals surface area (Å²) < 4.78 is 5.65. The van der Waals surface area contributed by atoms with E-state index >= 15 is 0 Å². The average molecular weight is 396 g/mol. The van der Waals surface area contributed by atoms with Gasteiger partial charge < -0.3 is 15.0 Å². The minimum absolute atomic E-state index is 0.150. The molecule has 2 heterocycles. The Kier molecular flexibility index (Phi) is 5.69. The molecule has 146 valence electrons. The second-order valence-corrected chi connectivity index (χ2v) is 8.33. The van der Waals surface area contributed by atoms with Crippen molar-refractivity contribution in [1.82, 2.24) is 9.97 Å². The van der Waals surface area contributed by atoms with Gasteiger partial charge in [-0.2, -0.15) is 17.0 Å². The Balaban J connectivity index is 1.63. The summed E-state index contributed by atoms with van der Waals surface area (Å²) in [7, 11) is 0. The minimum Gasteiger partial charge on any atom is -0.384 e. The summed E-state index contributed by atoms with van der Waals surface area (Å²) in [6, 6.07) is 12.5. The van der Waals surface area contributed by atoms with Gasteiger partial charge in [0.05, 0.1) is 36.1 Å². The van der Waals surface area contributed by atoms with Crippen molar-refractivity contribution in [1.29, 1.82) is 5.26 Å². The molecule has 0 radical (unpaired) electrons. The van der Waals surface area contributed by atoms with Gasteiger partial charge in [0.25, 0.3) is 0 Å². The van der Waals surface area contributed by atoms with E-state index < -0.39 is 0 Å². The zero-order chi connectivity index (χ0) is 19.4. The van der Waals surface area contributed by atoms with Crippen LogP contribution in [0.5, 0.6) is 0 Å². The lowest BCUT2D eigenvalue weighted by atomic mass is 10.1. The molecule has 1 aliphatic carbocycles. The van der Waals surface area contributed by atoms with Gasteiger partial charge in [-0.3, -0.25) is 0 Å². The Bertz CT molecular complexity index is 854. The van der Waals surface area contributed by atoms with Crippen molar-refractivity contribution >= 4 is 23.3 Å². The summed E-state index contributed by atoms with van der Waals surface area (Å²) in [6.45, 7) is 3.86. The van der Waals surface area contributed by atoms with Gasteiger partial charge in [0.15, 0.2) is 5.82 Å². The molecule has 0 atom stereocenters. The molecule has 1 aromatic heterocycles. The van der Waals surface area contributed by atoms with Crippen molar-refractivity contribution in [2.24, 2.45) is 0 Å². The lowest BCUT2D eigenvalue weighted by Gasteiger charge is -2.29. The van der Waals surface area contributed by atoms with E-state index in [4.69, 9.17) is 20.0 Å².